The van der Waals surface area contributed by atoms with Crippen LogP contribution in [0, 0.1) is 0 Å². The lowest BCUT2D eigenvalue weighted by Gasteiger charge is -1.95. The first-order valence-corrected chi connectivity index (χ1v) is 4.40. The summed E-state index contributed by atoms with van der Waals surface area (Å²) < 4.78 is 30.6. The van der Waals surface area contributed by atoms with Gasteiger partial charge in [-0.15, -0.1) is 0 Å². The Bertz CT molecular complexity index is 339. The number of halogens is 1. The van der Waals surface area contributed by atoms with Crippen molar-refractivity contribution in [1.82, 2.24) is 0 Å². The van der Waals surface area contributed by atoms with Crippen molar-refractivity contribution in [1.29, 1.82) is 0 Å². The van der Waals surface area contributed by atoms with Crippen molar-refractivity contribution in [2.75, 3.05) is 7.11 Å². The summed E-state index contributed by atoms with van der Waals surface area (Å²) >= 11 is 5.38. The van der Waals surface area contributed by atoms with Gasteiger partial charge >= 0.3 is 10.1 Å². The smallest absolute Gasteiger partial charge is 0.301 e. The molecule has 1 aromatic rings. The Morgan fingerprint density at radius 2 is 2.27 bits per heavy atom. The zero-order valence-electron chi connectivity index (χ0n) is 5.57. The van der Waals surface area contributed by atoms with Crippen LogP contribution in [-0.2, 0) is 14.3 Å². The van der Waals surface area contributed by atoms with E-state index in [4.69, 9.17) is 11.6 Å². The molecule has 0 bridgehead atoms. The second-order valence-electron chi connectivity index (χ2n) is 1.68. The van der Waals surface area contributed by atoms with E-state index in [2.05, 4.69) is 8.60 Å². The first-order chi connectivity index (χ1) is 5.08. The van der Waals surface area contributed by atoms with Crippen LogP contribution in [0.3, 0.4) is 0 Å². The summed E-state index contributed by atoms with van der Waals surface area (Å²) in [6, 6.07) is 1.22. The zero-order valence-corrected chi connectivity index (χ0v) is 7.15. The van der Waals surface area contributed by atoms with Gasteiger partial charge in [0.05, 0.1) is 13.4 Å². The second kappa shape index (κ2) is 2.84. The molecule has 0 atom stereocenters. The van der Waals surface area contributed by atoms with Crippen LogP contribution in [0.1, 0.15) is 0 Å². The topological polar surface area (TPSA) is 56.5 Å². The molecule has 1 rings (SSSR count). The van der Waals surface area contributed by atoms with Gasteiger partial charge in [-0.1, -0.05) is 0 Å². The van der Waals surface area contributed by atoms with Gasteiger partial charge in [-0.3, -0.25) is 4.18 Å². The Morgan fingerprint density at radius 1 is 1.64 bits per heavy atom. The maximum atomic E-state index is 10.9. The van der Waals surface area contributed by atoms with Gasteiger partial charge in [-0.2, -0.15) is 8.42 Å². The number of hydrogen-bond donors (Lipinski definition) is 0. The van der Waals surface area contributed by atoms with Crippen LogP contribution in [0.25, 0.3) is 0 Å². The summed E-state index contributed by atoms with van der Waals surface area (Å²) in [4.78, 5) is -0.151. The van der Waals surface area contributed by atoms with Gasteiger partial charge in [0, 0.05) is 0 Å². The van der Waals surface area contributed by atoms with Crippen molar-refractivity contribution in [2.24, 2.45) is 0 Å². The van der Waals surface area contributed by atoms with Crippen molar-refractivity contribution in [3.63, 3.8) is 0 Å². The average Bonchev–Trinajstić information content (AvgIpc) is 2.36. The third kappa shape index (κ3) is 1.55. The minimum atomic E-state index is -3.71. The summed E-state index contributed by atoms with van der Waals surface area (Å²) in [5.41, 5.74) is 0. The highest BCUT2D eigenvalue weighted by Gasteiger charge is 2.19. The lowest BCUT2D eigenvalue weighted by Crippen LogP contribution is -2.01. The van der Waals surface area contributed by atoms with E-state index in [-0.39, 0.29) is 10.1 Å². The van der Waals surface area contributed by atoms with Gasteiger partial charge in [0.15, 0.2) is 4.90 Å². The largest absolute Gasteiger partial charge is 0.451 e. The van der Waals surface area contributed by atoms with Crippen LogP contribution in [0.15, 0.2) is 21.6 Å². The molecule has 0 aliphatic rings. The summed E-state index contributed by atoms with van der Waals surface area (Å²) in [5.74, 6) is 0. The SMILES string of the molecule is COS(=O)(=O)c1ccoc1Cl. The van der Waals surface area contributed by atoms with Gasteiger partial charge in [0.2, 0.25) is 5.22 Å². The van der Waals surface area contributed by atoms with E-state index in [1.54, 1.807) is 0 Å². The van der Waals surface area contributed by atoms with Crippen molar-refractivity contribution in [3.8, 4) is 0 Å². The second-order valence-corrected chi connectivity index (χ2v) is 3.70. The molecule has 0 spiro atoms. The fourth-order valence-corrected chi connectivity index (χ4v) is 1.59. The predicted octanol–water partition coefficient (Wildman–Crippen LogP) is 1.27. The normalized spacial score (nSPS) is 11.8. The summed E-state index contributed by atoms with van der Waals surface area (Å²) in [7, 11) is -2.66. The number of furan rings is 1. The zero-order chi connectivity index (χ0) is 8.48. The van der Waals surface area contributed by atoms with Crippen LogP contribution in [0.2, 0.25) is 5.22 Å². The molecular formula is C5H5ClO4S. The van der Waals surface area contributed by atoms with Crippen LogP contribution < -0.4 is 0 Å². The molecule has 4 nitrogen and oxygen atoms in total. The first kappa shape index (κ1) is 8.58. The predicted molar refractivity (Wildman–Crippen MR) is 37.9 cm³/mol. The van der Waals surface area contributed by atoms with Crippen molar-refractivity contribution >= 4 is 21.7 Å². The molecule has 0 N–H and O–H groups in total. The molecular weight excluding hydrogens is 192 g/mol. The summed E-state index contributed by atoms with van der Waals surface area (Å²) in [6.45, 7) is 0. The lowest BCUT2D eigenvalue weighted by molar-refractivity contribution is 0.397. The maximum Gasteiger partial charge on any atom is 0.301 e. The Hall–Kier alpha value is -0.520. The fourth-order valence-electron chi connectivity index (χ4n) is 0.551. The average molecular weight is 197 g/mol. The van der Waals surface area contributed by atoms with E-state index in [0.717, 1.165) is 7.11 Å². The highest BCUT2D eigenvalue weighted by atomic mass is 35.5. The van der Waals surface area contributed by atoms with Gasteiger partial charge in [0.1, 0.15) is 0 Å². The molecule has 0 aliphatic heterocycles. The molecule has 0 aromatic carbocycles. The van der Waals surface area contributed by atoms with Crippen LogP contribution in [0.5, 0.6) is 0 Å². The summed E-state index contributed by atoms with van der Waals surface area (Å²) in [5, 5.41) is -0.188. The molecule has 6 heteroatoms. The van der Waals surface area contributed by atoms with Crippen LogP contribution in [0.4, 0.5) is 0 Å². The van der Waals surface area contributed by atoms with E-state index >= 15 is 0 Å². The fraction of sp³-hybridized carbons (Fsp3) is 0.200. The molecule has 1 heterocycles. The minimum absolute atomic E-state index is 0.151. The quantitative estimate of drug-likeness (QED) is 0.669. The Morgan fingerprint density at radius 3 is 2.64 bits per heavy atom. The molecule has 0 fully saturated rings. The standard InChI is InChI=1S/C5H5ClO4S/c1-9-11(7,8)4-2-3-10-5(4)6/h2-3H,1H3. The third-order valence-corrected chi connectivity index (χ3v) is 2.78. The van der Waals surface area contributed by atoms with Gasteiger partial charge < -0.3 is 4.42 Å². The molecule has 1 aromatic heterocycles. The van der Waals surface area contributed by atoms with Gasteiger partial charge in [-0.05, 0) is 17.7 Å². The summed E-state index contributed by atoms with van der Waals surface area (Å²) in [6.07, 6.45) is 1.17. The molecule has 62 valence electrons. The Labute approximate surface area is 68.8 Å². The monoisotopic (exact) mass is 196 g/mol. The lowest BCUT2D eigenvalue weighted by atomic mass is 10.7. The molecule has 0 aliphatic carbocycles. The van der Waals surface area contributed by atoms with E-state index in [0.29, 0.717) is 0 Å². The van der Waals surface area contributed by atoms with Gasteiger partial charge in [0.25, 0.3) is 0 Å². The minimum Gasteiger partial charge on any atom is -0.451 e. The third-order valence-electron chi connectivity index (χ3n) is 1.07. The number of rotatable bonds is 2. The van der Waals surface area contributed by atoms with E-state index in [9.17, 15) is 8.42 Å². The van der Waals surface area contributed by atoms with Crippen molar-refractivity contribution in [3.05, 3.63) is 17.5 Å². The molecule has 0 radical (unpaired) electrons. The Balaban J connectivity index is 3.22. The van der Waals surface area contributed by atoms with E-state index in [1.807, 2.05) is 0 Å². The molecule has 0 amide bonds. The van der Waals surface area contributed by atoms with Crippen molar-refractivity contribution in [2.45, 2.75) is 4.90 Å². The molecule has 0 saturated carbocycles. The van der Waals surface area contributed by atoms with Crippen LogP contribution in [-0.4, -0.2) is 15.5 Å². The van der Waals surface area contributed by atoms with E-state index in [1.165, 1.54) is 12.3 Å². The van der Waals surface area contributed by atoms with Crippen LogP contribution >= 0.6 is 11.6 Å². The highest BCUT2D eigenvalue weighted by Crippen LogP contribution is 2.22. The maximum absolute atomic E-state index is 10.9. The van der Waals surface area contributed by atoms with Crippen molar-refractivity contribution < 1.29 is 17.0 Å². The molecule has 11 heavy (non-hydrogen) atoms. The number of hydrogen-bond acceptors (Lipinski definition) is 4. The molecule has 0 unspecified atom stereocenters. The molecule has 0 saturated heterocycles. The first-order valence-electron chi connectivity index (χ1n) is 2.61. The Kier molecular flexibility index (Phi) is 2.22. The highest BCUT2D eigenvalue weighted by molar-refractivity contribution is 7.86. The van der Waals surface area contributed by atoms with Gasteiger partial charge in [-0.25, -0.2) is 0 Å². The van der Waals surface area contributed by atoms with E-state index < -0.39 is 10.1 Å².